The van der Waals surface area contributed by atoms with Gasteiger partial charge in [-0.05, 0) is 32.6 Å². The normalized spacial score (nSPS) is 24.6. The number of carbonyl (C=O) groups excluding carboxylic acids is 1. The van der Waals surface area contributed by atoms with E-state index in [0.29, 0.717) is 31.9 Å². The Morgan fingerprint density at radius 1 is 1.35 bits per heavy atom. The van der Waals surface area contributed by atoms with E-state index < -0.39 is 0 Å². The Bertz CT molecular complexity index is 216. The molecule has 1 saturated carbocycles. The molecule has 1 aliphatic rings. The van der Waals surface area contributed by atoms with Crippen molar-refractivity contribution in [2.75, 3.05) is 26.4 Å². The predicted octanol–water partition coefficient (Wildman–Crippen LogP) is 0.426. The van der Waals surface area contributed by atoms with Crippen LogP contribution in [0.15, 0.2) is 0 Å². The summed E-state index contributed by atoms with van der Waals surface area (Å²) in [5.74, 6) is -0.0823. The molecule has 0 unspecified atom stereocenters. The van der Waals surface area contributed by atoms with E-state index in [-0.39, 0.29) is 12.5 Å². The highest BCUT2D eigenvalue weighted by Crippen LogP contribution is 2.19. The van der Waals surface area contributed by atoms with E-state index in [2.05, 4.69) is 5.32 Å². The van der Waals surface area contributed by atoms with Crippen LogP contribution < -0.4 is 11.1 Å². The molecule has 0 atom stereocenters. The van der Waals surface area contributed by atoms with Crippen LogP contribution in [0.3, 0.4) is 0 Å². The van der Waals surface area contributed by atoms with Gasteiger partial charge in [0, 0.05) is 19.2 Å². The molecule has 1 aliphatic carbocycles. The first-order chi connectivity index (χ1) is 8.22. The first-order valence-electron chi connectivity index (χ1n) is 6.44. The Labute approximate surface area is 103 Å². The highest BCUT2D eigenvalue weighted by molar-refractivity contribution is 5.77. The molecule has 100 valence electrons. The van der Waals surface area contributed by atoms with E-state index in [0.717, 1.165) is 25.7 Å². The summed E-state index contributed by atoms with van der Waals surface area (Å²) in [6.07, 6.45) is 4.48. The van der Waals surface area contributed by atoms with Crippen molar-refractivity contribution in [3.8, 4) is 0 Å². The van der Waals surface area contributed by atoms with Crippen LogP contribution in [0, 0.1) is 0 Å². The van der Waals surface area contributed by atoms with Crippen molar-refractivity contribution in [1.29, 1.82) is 0 Å². The monoisotopic (exact) mass is 244 g/mol. The Morgan fingerprint density at radius 2 is 2.06 bits per heavy atom. The van der Waals surface area contributed by atoms with E-state index >= 15 is 0 Å². The molecule has 5 heteroatoms. The second-order valence-electron chi connectivity index (χ2n) is 4.39. The fourth-order valence-electron chi connectivity index (χ4n) is 1.92. The second-order valence-corrected chi connectivity index (χ2v) is 4.39. The molecule has 0 heterocycles. The van der Waals surface area contributed by atoms with Gasteiger partial charge in [-0.15, -0.1) is 0 Å². The first kappa shape index (κ1) is 14.4. The SMILES string of the molecule is CCOCC(=O)NCCOC1CCC(N)CC1. The molecule has 0 saturated heterocycles. The highest BCUT2D eigenvalue weighted by Gasteiger charge is 2.18. The summed E-state index contributed by atoms with van der Waals surface area (Å²) in [5, 5.41) is 2.75. The number of nitrogens with one attached hydrogen (secondary N) is 1. The lowest BCUT2D eigenvalue weighted by molar-refractivity contribution is -0.125. The van der Waals surface area contributed by atoms with Crippen molar-refractivity contribution in [3.05, 3.63) is 0 Å². The molecular formula is C12H24N2O3. The third-order valence-electron chi connectivity index (χ3n) is 2.93. The van der Waals surface area contributed by atoms with Crippen LogP contribution in [0.25, 0.3) is 0 Å². The minimum absolute atomic E-state index is 0.0823. The van der Waals surface area contributed by atoms with Crippen molar-refractivity contribution >= 4 is 5.91 Å². The van der Waals surface area contributed by atoms with Crippen molar-refractivity contribution in [2.45, 2.75) is 44.8 Å². The average molecular weight is 244 g/mol. The molecule has 3 N–H and O–H groups in total. The second kappa shape index (κ2) is 8.44. The summed E-state index contributed by atoms with van der Waals surface area (Å²) in [6, 6.07) is 0.348. The minimum Gasteiger partial charge on any atom is -0.376 e. The topological polar surface area (TPSA) is 73.6 Å². The molecule has 1 fully saturated rings. The van der Waals surface area contributed by atoms with Crippen LogP contribution in [-0.4, -0.2) is 44.4 Å². The molecule has 0 aliphatic heterocycles. The van der Waals surface area contributed by atoms with Gasteiger partial charge in [0.2, 0.25) is 5.91 Å². The van der Waals surface area contributed by atoms with Gasteiger partial charge in [-0.3, -0.25) is 4.79 Å². The van der Waals surface area contributed by atoms with E-state index in [1.54, 1.807) is 0 Å². The van der Waals surface area contributed by atoms with Crippen LogP contribution >= 0.6 is 0 Å². The zero-order chi connectivity index (χ0) is 12.5. The molecule has 1 amide bonds. The Kier molecular flexibility index (Phi) is 7.16. The Hall–Kier alpha value is -0.650. The summed E-state index contributed by atoms with van der Waals surface area (Å²) in [6.45, 7) is 3.68. The highest BCUT2D eigenvalue weighted by atomic mass is 16.5. The number of nitrogens with two attached hydrogens (primary N) is 1. The van der Waals surface area contributed by atoms with Crippen molar-refractivity contribution in [3.63, 3.8) is 0 Å². The Balaban J connectivity index is 1.95. The van der Waals surface area contributed by atoms with Crippen molar-refractivity contribution in [2.24, 2.45) is 5.73 Å². The number of carbonyl (C=O) groups is 1. The largest absolute Gasteiger partial charge is 0.376 e. The molecule has 17 heavy (non-hydrogen) atoms. The van der Waals surface area contributed by atoms with Gasteiger partial charge in [-0.2, -0.15) is 0 Å². The summed E-state index contributed by atoms with van der Waals surface area (Å²) in [5.41, 5.74) is 5.81. The number of hydrogen-bond acceptors (Lipinski definition) is 4. The fraction of sp³-hybridized carbons (Fsp3) is 0.917. The van der Waals surface area contributed by atoms with E-state index in [9.17, 15) is 4.79 Å². The predicted molar refractivity (Wildman–Crippen MR) is 65.7 cm³/mol. The van der Waals surface area contributed by atoms with Gasteiger partial charge in [0.1, 0.15) is 6.61 Å². The van der Waals surface area contributed by atoms with Gasteiger partial charge in [-0.1, -0.05) is 0 Å². The summed E-state index contributed by atoms with van der Waals surface area (Å²) >= 11 is 0. The maximum Gasteiger partial charge on any atom is 0.246 e. The summed E-state index contributed by atoms with van der Waals surface area (Å²) in [7, 11) is 0. The molecule has 0 aromatic heterocycles. The van der Waals surface area contributed by atoms with Crippen LogP contribution in [0.1, 0.15) is 32.6 Å². The molecule has 0 radical (unpaired) electrons. The third kappa shape index (κ3) is 6.61. The van der Waals surface area contributed by atoms with Gasteiger partial charge in [0.05, 0.1) is 12.7 Å². The summed E-state index contributed by atoms with van der Waals surface area (Å²) in [4.78, 5) is 11.2. The van der Waals surface area contributed by atoms with E-state index in [1.165, 1.54) is 0 Å². The zero-order valence-electron chi connectivity index (χ0n) is 10.6. The molecule has 5 nitrogen and oxygen atoms in total. The molecule has 0 bridgehead atoms. The maximum absolute atomic E-state index is 11.2. The smallest absolute Gasteiger partial charge is 0.246 e. The number of ether oxygens (including phenoxy) is 2. The van der Waals surface area contributed by atoms with Crippen LogP contribution in [0.4, 0.5) is 0 Å². The quantitative estimate of drug-likeness (QED) is 0.637. The van der Waals surface area contributed by atoms with Crippen molar-refractivity contribution in [1.82, 2.24) is 5.32 Å². The van der Waals surface area contributed by atoms with Gasteiger partial charge < -0.3 is 20.5 Å². The number of amides is 1. The summed E-state index contributed by atoms with van der Waals surface area (Å²) < 4.78 is 10.7. The average Bonchev–Trinajstić information content (AvgIpc) is 2.34. The standard InChI is InChI=1S/C12H24N2O3/c1-2-16-9-12(15)14-7-8-17-11-5-3-10(13)4-6-11/h10-11H,2-9,13H2,1H3,(H,14,15). The third-order valence-corrected chi connectivity index (χ3v) is 2.93. The van der Waals surface area contributed by atoms with Crippen molar-refractivity contribution < 1.29 is 14.3 Å². The van der Waals surface area contributed by atoms with Gasteiger partial charge in [0.15, 0.2) is 0 Å². The molecule has 1 rings (SSSR count). The lowest BCUT2D eigenvalue weighted by Gasteiger charge is -2.26. The van der Waals surface area contributed by atoms with Crippen LogP contribution in [-0.2, 0) is 14.3 Å². The number of rotatable bonds is 7. The molecule has 0 aromatic carbocycles. The minimum atomic E-state index is -0.0823. The van der Waals surface area contributed by atoms with Gasteiger partial charge in [0.25, 0.3) is 0 Å². The maximum atomic E-state index is 11.2. The lowest BCUT2D eigenvalue weighted by Crippen LogP contribution is -2.34. The molecule has 0 aromatic rings. The van der Waals surface area contributed by atoms with E-state index in [4.69, 9.17) is 15.2 Å². The first-order valence-corrected chi connectivity index (χ1v) is 6.44. The lowest BCUT2D eigenvalue weighted by atomic mass is 9.94. The van der Waals surface area contributed by atoms with Gasteiger partial charge in [-0.25, -0.2) is 0 Å². The van der Waals surface area contributed by atoms with Gasteiger partial charge >= 0.3 is 0 Å². The van der Waals surface area contributed by atoms with Crippen LogP contribution in [0.5, 0.6) is 0 Å². The van der Waals surface area contributed by atoms with Crippen LogP contribution in [0.2, 0.25) is 0 Å². The molecule has 0 spiro atoms. The molecular weight excluding hydrogens is 220 g/mol. The number of hydrogen-bond donors (Lipinski definition) is 2. The fourth-order valence-corrected chi connectivity index (χ4v) is 1.92. The Morgan fingerprint density at radius 3 is 2.71 bits per heavy atom. The van der Waals surface area contributed by atoms with E-state index in [1.807, 2.05) is 6.92 Å². The zero-order valence-corrected chi connectivity index (χ0v) is 10.6.